The lowest BCUT2D eigenvalue weighted by Crippen LogP contribution is -2.49. The van der Waals surface area contributed by atoms with E-state index in [1.165, 1.54) is 16.6 Å². The molecule has 1 aromatic heterocycles. The Morgan fingerprint density at radius 3 is 2.38 bits per heavy atom. The summed E-state index contributed by atoms with van der Waals surface area (Å²) in [6.07, 6.45) is 0.892. The standard InChI is InChI=1S/C20H35N5O4/c1-19(2,3)15(27)8-12-10-25(23-22-12)16(20(4,5)6)18(29)24-11-13(26)9-14(24)17(28)21-7/h10,13-16,26-27H,8-9,11H2,1-7H3,(H,21,28)/t13?,14?,15?,16-/m1/s1. The molecule has 0 aliphatic carbocycles. The van der Waals surface area contributed by atoms with Gasteiger partial charge >= 0.3 is 0 Å². The van der Waals surface area contributed by atoms with Crippen molar-refractivity contribution < 1.29 is 19.8 Å². The van der Waals surface area contributed by atoms with Gasteiger partial charge in [0.05, 0.1) is 17.9 Å². The van der Waals surface area contributed by atoms with Crippen LogP contribution >= 0.6 is 0 Å². The van der Waals surface area contributed by atoms with E-state index in [1.54, 1.807) is 6.20 Å². The minimum Gasteiger partial charge on any atom is -0.392 e. The molecule has 2 amide bonds. The van der Waals surface area contributed by atoms with Crippen molar-refractivity contribution in [3.63, 3.8) is 0 Å². The van der Waals surface area contributed by atoms with Gasteiger partial charge in [0.1, 0.15) is 12.1 Å². The number of aliphatic hydroxyl groups excluding tert-OH is 2. The lowest BCUT2D eigenvalue weighted by molar-refractivity contribution is -0.144. The first-order chi connectivity index (χ1) is 13.3. The summed E-state index contributed by atoms with van der Waals surface area (Å²) >= 11 is 0. The first kappa shape index (κ1) is 23.3. The summed E-state index contributed by atoms with van der Waals surface area (Å²) in [5.74, 6) is -0.578. The van der Waals surface area contributed by atoms with Gasteiger partial charge in [-0.3, -0.25) is 9.59 Å². The number of hydrogen-bond acceptors (Lipinski definition) is 6. The molecular weight excluding hydrogens is 374 g/mol. The lowest BCUT2D eigenvalue weighted by atomic mass is 9.85. The molecule has 29 heavy (non-hydrogen) atoms. The zero-order valence-corrected chi connectivity index (χ0v) is 18.5. The second-order valence-electron chi connectivity index (χ2n) is 10.1. The average molecular weight is 410 g/mol. The van der Waals surface area contributed by atoms with E-state index in [0.29, 0.717) is 12.1 Å². The second kappa shape index (κ2) is 8.39. The molecule has 0 radical (unpaired) electrons. The minimum atomic E-state index is -0.741. The van der Waals surface area contributed by atoms with E-state index in [4.69, 9.17) is 0 Å². The van der Waals surface area contributed by atoms with Gasteiger partial charge in [0, 0.05) is 32.6 Å². The number of β-amino-alcohol motifs (C(OH)–C–C–N with tert-alkyl or cyclic N) is 1. The third-order valence-corrected chi connectivity index (χ3v) is 5.39. The van der Waals surface area contributed by atoms with Gasteiger partial charge in [-0.25, -0.2) is 4.68 Å². The number of amides is 2. The van der Waals surface area contributed by atoms with Crippen molar-refractivity contribution in [3.05, 3.63) is 11.9 Å². The fourth-order valence-electron chi connectivity index (χ4n) is 3.55. The van der Waals surface area contributed by atoms with E-state index in [1.807, 2.05) is 41.5 Å². The van der Waals surface area contributed by atoms with Crippen molar-refractivity contribution in [2.45, 2.75) is 78.7 Å². The van der Waals surface area contributed by atoms with Crippen LogP contribution in [0, 0.1) is 10.8 Å². The highest BCUT2D eigenvalue weighted by Crippen LogP contribution is 2.34. The number of likely N-dealkylation sites (tertiary alicyclic amines) is 1. The Kier molecular flexibility index (Phi) is 6.74. The third-order valence-electron chi connectivity index (χ3n) is 5.39. The van der Waals surface area contributed by atoms with E-state index < -0.39 is 29.7 Å². The minimum absolute atomic E-state index is 0.105. The van der Waals surface area contributed by atoms with Crippen LogP contribution in [0.15, 0.2) is 6.20 Å². The quantitative estimate of drug-likeness (QED) is 0.652. The van der Waals surface area contributed by atoms with Crippen LogP contribution in [-0.2, 0) is 16.0 Å². The smallest absolute Gasteiger partial charge is 0.248 e. The van der Waals surface area contributed by atoms with Crippen molar-refractivity contribution >= 4 is 11.8 Å². The summed E-state index contributed by atoms with van der Waals surface area (Å²) in [6, 6.07) is -1.41. The molecule has 0 spiro atoms. The zero-order valence-electron chi connectivity index (χ0n) is 18.5. The van der Waals surface area contributed by atoms with Crippen molar-refractivity contribution in [3.8, 4) is 0 Å². The Morgan fingerprint density at radius 1 is 1.24 bits per heavy atom. The largest absolute Gasteiger partial charge is 0.392 e. The predicted octanol–water partition coefficient (Wildman–Crippen LogP) is 0.523. The molecule has 1 fully saturated rings. The van der Waals surface area contributed by atoms with Gasteiger partial charge in [0.2, 0.25) is 11.8 Å². The van der Waals surface area contributed by atoms with Crippen LogP contribution in [0.3, 0.4) is 0 Å². The number of likely N-dealkylation sites (N-methyl/N-ethyl adjacent to an activating group) is 1. The van der Waals surface area contributed by atoms with Gasteiger partial charge in [-0.2, -0.15) is 0 Å². The number of rotatable bonds is 5. The van der Waals surface area contributed by atoms with E-state index in [2.05, 4.69) is 15.6 Å². The normalized spacial score (nSPS) is 22.4. The summed E-state index contributed by atoms with van der Waals surface area (Å²) in [6.45, 7) is 11.7. The van der Waals surface area contributed by atoms with Crippen molar-refractivity contribution in [1.82, 2.24) is 25.2 Å². The third kappa shape index (κ3) is 5.33. The number of hydrogen-bond donors (Lipinski definition) is 3. The monoisotopic (exact) mass is 409 g/mol. The molecule has 9 heteroatoms. The second-order valence-corrected chi connectivity index (χ2v) is 10.1. The Labute approximate surface area is 172 Å². The molecule has 9 nitrogen and oxygen atoms in total. The fourth-order valence-corrected chi connectivity index (χ4v) is 3.55. The SMILES string of the molecule is CNC(=O)C1CC(O)CN1C(=O)[C@@H](n1cc(CC(O)C(C)(C)C)nn1)C(C)(C)C. The molecule has 0 saturated carbocycles. The van der Waals surface area contributed by atoms with Crippen molar-refractivity contribution in [2.75, 3.05) is 13.6 Å². The molecule has 3 N–H and O–H groups in total. The average Bonchev–Trinajstić information content (AvgIpc) is 3.18. The molecule has 2 heterocycles. The van der Waals surface area contributed by atoms with Crippen LogP contribution in [-0.4, -0.2) is 73.8 Å². The maximum atomic E-state index is 13.5. The fraction of sp³-hybridized carbons (Fsp3) is 0.800. The highest BCUT2D eigenvalue weighted by atomic mass is 16.3. The van der Waals surface area contributed by atoms with Gasteiger partial charge < -0.3 is 20.4 Å². The van der Waals surface area contributed by atoms with E-state index in [9.17, 15) is 19.8 Å². The van der Waals surface area contributed by atoms with Crippen LogP contribution in [0.2, 0.25) is 0 Å². The van der Waals surface area contributed by atoms with Gasteiger partial charge in [-0.1, -0.05) is 46.8 Å². The molecule has 1 aliphatic rings. The maximum absolute atomic E-state index is 13.5. The van der Waals surface area contributed by atoms with E-state index in [0.717, 1.165) is 0 Å². The molecule has 164 valence electrons. The summed E-state index contributed by atoms with van der Waals surface area (Å²) in [4.78, 5) is 27.1. The Hall–Kier alpha value is -2.00. The molecule has 1 saturated heterocycles. The number of carbonyl (C=O) groups excluding carboxylic acids is 2. The molecule has 2 rings (SSSR count). The Morgan fingerprint density at radius 2 is 1.86 bits per heavy atom. The van der Waals surface area contributed by atoms with Crippen molar-refractivity contribution in [1.29, 1.82) is 0 Å². The number of carbonyl (C=O) groups is 2. The Balaban J connectivity index is 2.31. The van der Waals surface area contributed by atoms with Gasteiger partial charge in [-0.15, -0.1) is 5.10 Å². The molecule has 0 bridgehead atoms. The van der Waals surface area contributed by atoms with Crippen LogP contribution in [0.4, 0.5) is 0 Å². The molecule has 1 aliphatic heterocycles. The summed E-state index contributed by atoms with van der Waals surface area (Å²) in [5, 5.41) is 31.3. The first-order valence-electron chi connectivity index (χ1n) is 10.0. The van der Waals surface area contributed by atoms with Crippen LogP contribution in [0.25, 0.3) is 0 Å². The highest BCUT2D eigenvalue weighted by Gasteiger charge is 2.45. The van der Waals surface area contributed by atoms with E-state index in [-0.39, 0.29) is 30.2 Å². The summed E-state index contributed by atoms with van der Waals surface area (Å²) in [5.41, 5.74) is -0.209. The Bertz CT molecular complexity index is 734. The number of nitrogens with one attached hydrogen (secondary N) is 1. The first-order valence-corrected chi connectivity index (χ1v) is 10.0. The summed E-state index contributed by atoms with van der Waals surface area (Å²) < 4.78 is 1.51. The molecule has 3 unspecified atom stereocenters. The van der Waals surface area contributed by atoms with Crippen molar-refractivity contribution in [2.24, 2.45) is 10.8 Å². The number of nitrogens with zero attached hydrogens (tertiary/aromatic N) is 4. The van der Waals surface area contributed by atoms with Crippen LogP contribution in [0.5, 0.6) is 0 Å². The van der Waals surface area contributed by atoms with Crippen LogP contribution < -0.4 is 5.32 Å². The predicted molar refractivity (Wildman–Crippen MR) is 108 cm³/mol. The van der Waals surface area contributed by atoms with Crippen LogP contribution in [0.1, 0.15) is 59.7 Å². The topological polar surface area (TPSA) is 121 Å². The summed E-state index contributed by atoms with van der Waals surface area (Å²) in [7, 11) is 1.52. The molecular formula is C20H35N5O4. The van der Waals surface area contributed by atoms with Gasteiger partial charge in [0.15, 0.2) is 0 Å². The zero-order chi connectivity index (χ0) is 22.1. The number of aliphatic hydroxyl groups is 2. The molecule has 0 aromatic carbocycles. The molecule has 4 atom stereocenters. The van der Waals surface area contributed by atoms with Gasteiger partial charge in [-0.05, 0) is 10.8 Å². The number of aromatic nitrogens is 3. The van der Waals surface area contributed by atoms with E-state index >= 15 is 0 Å². The maximum Gasteiger partial charge on any atom is 0.248 e. The van der Waals surface area contributed by atoms with Gasteiger partial charge in [0.25, 0.3) is 0 Å². The lowest BCUT2D eigenvalue weighted by Gasteiger charge is -2.34. The molecule has 1 aromatic rings. The highest BCUT2D eigenvalue weighted by molar-refractivity contribution is 5.90.